The van der Waals surface area contributed by atoms with Crippen LogP contribution in [-0.2, 0) is 0 Å². The molecule has 0 radical (unpaired) electrons. The van der Waals surface area contributed by atoms with E-state index in [2.05, 4.69) is 25.7 Å². The summed E-state index contributed by atoms with van der Waals surface area (Å²) >= 11 is 0. The van der Waals surface area contributed by atoms with E-state index in [1.807, 2.05) is 6.08 Å². The maximum Gasteiger partial charge on any atom is -0.0351 e. The molecule has 0 unspecified atom stereocenters. The standard InChI is InChI=1S/C20H38/c1-3-5-7-9-11-13-15-17-19-20-18-16-14-12-10-8-6-4-2/h3,13,15H,1,4-12,14,16-20H2,2H3. The fourth-order valence-electron chi connectivity index (χ4n) is 2.54. The highest BCUT2D eigenvalue weighted by Crippen LogP contribution is 2.11. The van der Waals surface area contributed by atoms with E-state index in [4.69, 9.17) is 0 Å². The van der Waals surface area contributed by atoms with E-state index in [1.165, 1.54) is 96.3 Å². The summed E-state index contributed by atoms with van der Waals surface area (Å²) in [6, 6.07) is 0. The molecule has 0 aromatic heterocycles. The molecule has 0 nitrogen and oxygen atoms in total. The van der Waals surface area contributed by atoms with Crippen LogP contribution in [0.25, 0.3) is 0 Å². The molecule has 0 atom stereocenters. The Morgan fingerprint density at radius 3 is 1.45 bits per heavy atom. The smallest absolute Gasteiger partial charge is 0.0351 e. The van der Waals surface area contributed by atoms with Gasteiger partial charge in [0.1, 0.15) is 0 Å². The van der Waals surface area contributed by atoms with Crippen molar-refractivity contribution in [2.75, 3.05) is 0 Å². The van der Waals surface area contributed by atoms with Gasteiger partial charge in [0.05, 0.1) is 0 Å². The molecule has 0 heteroatoms. The lowest BCUT2D eigenvalue weighted by Crippen LogP contribution is -1.81. The second-order valence-corrected chi connectivity index (χ2v) is 6.02. The Morgan fingerprint density at radius 2 is 0.950 bits per heavy atom. The average Bonchev–Trinajstić information content (AvgIpc) is 2.47. The Bertz CT molecular complexity index is 202. The number of allylic oxidation sites excluding steroid dienone is 3. The molecule has 118 valence electrons. The van der Waals surface area contributed by atoms with Crippen molar-refractivity contribution in [3.63, 3.8) is 0 Å². The lowest BCUT2D eigenvalue weighted by atomic mass is 10.1. The molecule has 0 fully saturated rings. The Balaban J connectivity index is 3.01. The molecule has 0 rings (SSSR count). The van der Waals surface area contributed by atoms with Crippen molar-refractivity contribution in [3.05, 3.63) is 24.8 Å². The van der Waals surface area contributed by atoms with Gasteiger partial charge >= 0.3 is 0 Å². The van der Waals surface area contributed by atoms with Crippen LogP contribution < -0.4 is 0 Å². The van der Waals surface area contributed by atoms with Gasteiger partial charge in [-0.25, -0.2) is 0 Å². The van der Waals surface area contributed by atoms with Gasteiger partial charge in [0.2, 0.25) is 0 Å². The van der Waals surface area contributed by atoms with Crippen LogP contribution in [0.3, 0.4) is 0 Å². The number of unbranched alkanes of at least 4 members (excludes halogenated alkanes) is 13. The van der Waals surface area contributed by atoms with Crippen LogP contribution in [0, 0.1) is 0 Å². The fraction of sp³-hybridized carbons (Fsp3) is 0.800. The molecule has 0 aromatic rings. The molecule has 0 aliphatic carbocycles. The van der Waals surface area contributed by atoms with E-state index in [9.17, 15) is 0 Å². The van der Waals surface area contributed by atoms with Gasteiger partial charge in [0.25, 0.3) is 0 Å². The SMILES string of the molecule is C=CCCCCC=CCCCCCCCCCCCC. The van der Waals surface area contributed by atoms with Gasteiger partial charge in [-0.1, -0.05) is 82.9 Å². The first kappa shape index (κ1) is 19.5. The summed E-state index contributed by atoms with van der Waals surface area (Å²) < 4.78 is 0. The van der Waals surface area contributed by atoms with Crippen molar-refractivity contribution in [1.82, 2.24) is 0 Å². The average molecular weight is 279 g/mol. The topological polar surface area (TPSA) is 0 Å². The Morgan fingerprint density at radius 1 is 0.550 bits per heavy atom. The molecule has 0 heterocycles. The quantitative estimate of drug-likeness (QED) is 0.201. The maximum atomic E-state index is 3.75. The zero-order valence-corrected chi connectivity index (χ0v) is 14.0. The monoisotopic (exact) mass is 278 g/mol. The molecule has 0 spiro atoms. The van der Waals surface area contributed by atoms with Crippen LogP contribution in [0.4, 0.5) is 0 Å². The predicted octanol–water partition coefficient (Wildman–Crippen LogP) is 7.60. The first-order valence-electron chi connectivity index (χ1n) is 9.17. The second kappa shape index (κ2) is 18.5. The third-order valence-corrected chi connectivity index (χ3v) is 3.92. The highest BCUT2D eigenvalue weighted by Gasteiger charge is 1.91. The fourth-order valence-corrected chi connectivity index (χ4v) is 2.54. The third kappa shape index (κ3) is 17.5. The third-order valence-electron chi connectivity index (χ3n) is 3.92. The van der Waals surface area contributed by atoms with E-state index in [1.54, 1.807) is 0 Å². The summed E-state index contributed by atoms with van der Waals surface area (Å²) in [6.07, 6.45) is 27.5. The van der Waals surface area contributed by atoms with Crippen LogP contribution in [-0.4, -0.2) is 0 Å². The second-order valence-electron chi connectivity index (χ2n) is 6.02. The van der Waals surface area contributed by atoms with Crippen molar-refractivity contribution >= 4 is 0 Å². The van der Waals surface area contributed by atoms with Gasteiger partial charge in [-0.05, 0) is 38.5 Å². The molecule has 20 heavy (non-hydrogen) atoms. The summed E-state index contributed by atoms with van der Waals surface area (Å²) in [6.45, 7) is 6.04. The van der Waals surface area contributed by atoms with Crippen molar-refractivity contribution in [2.24, 2.45) is 0 Å². The van der Waals surface area contributed by atoms with E-state index >= 15 is 0 Å². The lowest BCUT2D eigenvalue weighted by Gasteiger charge is -2.01. The van der Waals surface area contributed by atoms with Crippen LogP contribution in [0.15, 0.2) is 24.8 Å². The zero-order chi connectivity index (χ0) is 14.7. The molecule has 0 bridgehead atoms. The number of hydrogen-bond acceptors (Lipinski definition) is 0. The van der Waals surface area contributed by atoms with Gasteiger partial charge in [0, 0.05) is 0 Å². The Labute approximate surface area is 128 Å². The lowest BCUT2D eigenvalue weighted by molar-refractivity contribution is 0.557. The first-order chi connectivity index (χ1) is 9.91. The molecule has 0 aliphatic heterocycles. The normalized spacial score (nSPS) is 11.2. The summed E-state index contributed by atoms with van der Waals surface area (Å²) in [5.74, 6) is 0. The molecule has 0 aliphatic rings. The molecule has 0 amide bonds. The highest BCUT2D eigenvalue weighted by molar-refractivity contribution is 4.81. The maximum absolute atomic E-state index is 3.75. The molecule has 0 aromatic carbocycles. The summed E-state index contributed by atoms with van der Waals surface area (Å²) in [5, 5.41) is 0. The van der Waals surface area contributed by atoms with Crippen LogP contribution >= 0.6 is 0 Å². The van der Waals surface area contributed by atoms with Crippen molar-refractivity contribution in [2.45, 2.75) is 103 Å². The van der Waals surface area contributed by atoms with E-state index in [0.717, 1.165) is 0 Å². The first-order valence-corrected chi connectivity index (χ1v) is 9.17. The van der Waals surface area contributed by atoms with Crippen molar-refractivity contribution in [3.8, 4) is 0 Å². The number of rotatable bonds is 16. The van der Waals surface area contributed by atoms with Crippen molar-refractivity contribution in [1.29, 1.82) is 0 Å². The van der Waals surface area contributed by atoms with Crippen LogP contribution in [0.5, 0.6) is 0 Å². The summed E-state index contributed by atoms with van der Waals surface area (Å²) in [7, 11) is 0. The van der Waals surface area contributed by atoms with Gasteiger partial charge in [-0.3, -0.25) is 0 Å². The largest absolute Gasteiger partial charge is 0.103 e. The minimum atomic E-state index is 1.17. The van der Waals surface area contributed by atoms with Gasteiger partial charge in [-0.2, -0.15) is 0 Å². The van der Waals surface area contributed by atoms with E-state index < -0.39 is 0 Å². The summed E-state index contributed by atoms with van der Waals surface area (Å²) in [5.41, 5.74) is 0. The van der Waals surface area contributed by atoms with Crippen LogP contribution in [0.1, 0.15) is 103 Å². The molecular formula is C20H38. The van der Waals surface area contributed by atoms with Crippen LogP contribution in [0.2, 0.25) is 0 Å². The van der Waals surface area contributed by atoms with Gasteiger partial charge < -0.3 is 0 Å². The Kier molecular flexibility index (Phi) is 18.0. The molecular weight excluding hydrogens is 240 g/mol. The number of hydrogen-bond donors (Lipinski definition) is 0. The molecule has 0 saturated heterocycles. The minimum Gasteiger partial charge on any atom is -0.103 e. The van der Waals surface area contributed by atoms with E-state index in [0.29, 0.717) is 0 Å². The molecule has 0 N–H and O–H groups in total. The van der Waals surface area contributed by atoms with Gasteiger partial charge in [-0.15, -0.1) is 6.58 Å². The molecule has 0 saturated carbocycles. The predicted molar refractivity (Wildman–Crippen MR) is 94.3 cm³/mol. The van der Waals surface area contributed by atoms with Gasteiger partial charge in [0.15, 0.2) is 0 Å². The Hall–Kier alpha value is -0.520. The van der Waals surface area contributed by atoms with Crippen molar-refractivity contribution < 1.29 is 0 Å². The highest BCUT2D eigenvalue weighted by atomic mass is 14.0. The summed E-state index contributed by atoms with van der Waals surface area (Å²) in [4.78, 5) is 0. The zero-order valence-electron chi connectivity index (χ0n) is 14.0. The van der Waals surface area contributed by atoms with E-state index in [-0.39, 0.29) is 0 Å². The minimum absolute atomic E-state index is 1.17.